The zero-order chi connectivity index (χ0) is 13.4. The predicted octanol–water partition coefficient (Wildman–Crippen LogP) is 2.56. The number of aryl methyl sites for hydroxylation is 1. The topological polar surface area (TPSA) is 55.6 Å². The van der Waals surface area contributed by atoms with Gasteiger partial charge in [0.2, 0.25) is 0 Å². The van der Waals surface area contributed by atoms with E-state index in [1.165, 1.54) is 19.3 Å². The molecule has 1 N–H and O–H groups in total. The van der Waals surface area contributed by atoms with Gasteiger partial charge in [-0.2, -0.15) is 0 Å². The Bertz CT molecular complexity index is 321. The molecule has 1 aromatic heterocycles. The van der Waals surface area contributed by atoms with Crippen LogP contribution in [0.15, 0.2) is 0 Å². The molecular formula is C13H27N5. The largest absolute Gasteiger partial charge is 0.307 e. The monoisotopic (exact) mass is 253 g/mol. The summed E-state index contributed by atoms with van der Waals surface area (Å²) in [6, 6.07) is 0.216. The van der Waals surface area contributed by atoms with Gasteiger partial charge in [0.15, 0.2) is 5.82 Å². The number of nitrogens with zero attached hydrogens (tertiary/aromatic N) is 4. The fourth-order valence-corrected chi connectivity index (χ4v) is 1.87. The van der Waals surface area contributed by atoms with Gasteiger partial charge < -0.3 is 5.32 Å². The van der Waals surface area contributed by atoms with Crippen molar-refractivity contribution in [1.29, 1.82) is 0 Å². The third-order valence-corrected chi connectivity index (χ3v) is 3.00. The van der Waals surface area contributed by atoms with Crippen molar-refractivity contribution in [3.8, 4) is 0 Å². The van der Waals surface area contributed by atoms with Crippen LogP contribution >= 0.6 is 0 Å². The van der Waals surface area contributed by atoms with Crippen molar-refractivity contribution >= 4 is 0 Å². The molecule has 0 amide bonds. The zero-order valence-electron chi connectivity index (χ0n) is 12.2. The first-order valence-corrected chi connectivity index (χ1v) is 7.14. The number of unbranched alkanes of at least 4 members (excludes halogenated alkanes) is 3. The Morgan fingerprint density at radius 3 is 2.61 bits per heavy atom. The summed E-state index contributed by atoms with van der Waals surface area (Å²) < 4.78 is 1.94. The number of hydrogen-bond donors (Lipinski definition) is 1. The van der Waals surface area contributed by atoms with Crippen molar-refractivity contribution < 1.29 is 0 Å². The van der Waals surface area contributed by atoms with Crippen LogP contribution in [0.25, 0.3) is 0 Å². The molecular weight excluding hydrogens is 226 g/mol. The minimum atomic E-state index is 0.216. The maximum atomic E-state index is 4.13. The summed E-state index contributed by atoms with van der Waals surface area (Å²) in [7, 11) is 0. The average Bonchev–Trinajstić information content (AvgIpc) is 2.80. The molecule has 0 radical (unpaired) electrons. The number of rotatable bonds is 9. The van der Waals surface area contributed by atoms with Crippen LogP contribution in [0.5, 0.6) is 0 Å². The second-order valence-corrected chi connectivity index (χ2v) is 5.34. The fourth-order valence-electron chi connectivity index (χ4n) is 1.87. The SMILES string of the molecule is CCCCCCn1nnnc1C(C)NCC(C)C. The number of nitrogens with one attached hydrogen (secondary N) is 1. The zero-order valence-corrected chi connectivity index (χ0v) is 12.2. The summed E-state index contributed by atoms with van der Waals surface area (Å²) in [5.74, 6) is 1.59. The van der Waals surface area contributed by atoms with E-state index >= 15 is 0 Å². The van der Waals surface area contributed by atoms with Gasteiger partial charge in [-0.1, -0.05) is 40.0 Å². The van der Waals surface area contributed by atoms with Crippen molar-refractivity contribution in [2.24, 2.45) is 5.92 Å². The molecule has 1 heterocycles. The molecule has 0 aliphatic heterocycles. The second kappa shape index (κ2) is 8.19. The molecule has 1 atom stereocenters. The Labute approximate surface area is 110 Å². The molecule has 0 bridgehead atoms. The van der Waals surface area contributed by atoms with Crippen LogP contribution in [0.2, 0.25) is 0 Å². The Hall–Kier alpha value is -0.970. The van der Waals surface area contributed by atoms with E-state index in [4.69, 9.17) is 0 Å². The first-order valence-electron chi connectivity index (χ1n) is 7.14. The molecule has 0 aliphatic carbocycles. The van der Waals surface area contributed by atoms with Crippen molar-refractivity contribution in [3.05, 3.63) is 5.82 Å². The van der Waals surface area contributed by atoms with Gasteiger partial charge in [0, 0.05) is 6.54 Å². The number of aromatic nitrogens is 4. The third-order valence-electron chi connectivity index (χ3n) is 3.00. The van der Waals surface area contributed by atoms with Crippen LogP contribution in [0.4, 0.5) is 0 Å². The predicted molar refractivity (Wildman–Crippen MR) is 73.2 cm³/mol. The fraction of sp³-hybridized carbons (Fsp3) is 0.923. The van der Waals surface area contributed by atoms with E-state index in [1.807, 2.05) is 4.68 Å². The highest BCUT2D eigenvalue weighted by Gasteiger charge is 2.13. The van der Waals surface area contributed by atoms with Gasteiger partial charge >= 0.3 is 0 Å². The van der Waals surface area contributed by atoms with Gasteiger partial charge in [-0.15, -0.1) is 5.10 Å². The third kappa shape index (κ3) is 5.12. The minimum Gasteiger partial charge on any atom is -0.307 e. The van der Waals surface area contributed by atoms with E-state index in [0.717, 1.165) is 25.3 Å². The second-order valence-electron chi connectivity index (χ2n) is 5.34. The molecule has 5 heteroatoms. The lowest BCUT2D eigenvalue weighted by molar-refractivity contribution is 0.443. The summed E-state index contributed by atoms with van der Waals surface area (Å²) in [6.07, 6.45) is 4.96. The van der Waals surface area contributed by atoms with Crippen LogP contribution in [0.1, 0.15) is 65.2 Å². The average molecular weight is 253 g/mol. The summed E-state index contributed by atoms with van der Waals surface area (Å²) in [5, 5.41) is 15.5. The lowest BCUT2D eigenvalue weighted by Gasteiger charge is -2.15. The maximum absolute atomic E-state index is 4.13. The van der Waals surface area contributed by atoms with Crippen molar-refractivity contribution in [3.63, 3.8) is 0 Å². The van der Waals surface area contributed by atoms with Gasteiger partial charge in [0.25, 0.3) is 0 Å². The molecule has 0 fully saturated rings. The molecule has 18 heavy (non-hydrogen) atoms. The van der Waals surface area contributed by atoms with Gasteiger partial charge in [0.05, 0.1) is 6.04 Å². The summed E-state index contributed by atoms with van der Waals surface area (Å²) in [4.78, 5) is 0. The molecule has 1 rings (SSSR count). The van der Waals surface area contributed by atoms with Crippen molar-refractivity contribution in [2.45, 2.75) is 66.0 Å². The molecule has 1 aromatic rings. The Balaban J connectivity index is 2.42. The van der Waals surface area contributed by atoms with E-state index in [2.05, 4.69) is 48.5 Å². The molecule has 104 valence electrons. The Morgan fingerprint density at radius 2 is 1.94 bits per heavy atom. The molecule has 0 aromatic carbocycles. The number of hydrogen-bond acceptors (Lipinski definition) is 4. The van der Waals surface area contributed by atoms with Crippen LogP contribution in [0.3, 0.4) is 0 Å². The normalized spacial score (nSPS) is 13.2. The lowest BCUT2D eigenvalue weighted by atomic mass is 10.2. The molecule has 0 aliphatic rings. The molecule has 1 unspecified atom stereocenters. The first kappa shape index (κ1) is 15.1. The van der Waals surface area contributed by atoms with Crippen LogP contribution < -0.4 is 5.32 Å². The maximum Gasteiger partial charge on any atom is 0.167 e. The van der Waals surface area contributed by atoms with E-state index in [-0.39, 0.29) is 6.04 Å². The van der Waals surface area contributed by atoms with Gasteiger partial charge in [-0.3, -0.25) is 0 Å². The Morgan fingerprint density at radius 1 is 1.17 bits per heavy atom. The van der Waals surface area contributed by atoms with E-state index in [0.29, 0.717) is 5.92 Å². The highest BCUT2D eigenvalue weighted by Crippen LogP contribution is 2.10. The summed E-state index contributed by atoms with van der Waals surface area (Å²) in [6.45, 7) is 10.7. The highest BCUT2D eigenvalue weighted by molar-refractivity contribution is 4.89. The van der Waals surface area contributed by atoms with Gasteiger partial charge in [0.1, 0.15) is 0 Å². The smallest absolute Gasteiger partial charge is 0.167 e. The molecule has 0 saturated heterocycles. The summed E-state index contributed by atoms with van der Waals surface area (Å²) >= 11 is 0. The Kier molecular flexibility index (Phi) is 6.86. The molecule has 0 spiro atoms. The van der Waals surface area contributed by atoms with Crippen LogP contribution in [-0.4, -0.2) is 26.8 Å². The molecule has 0 saturated carbocycles. The lowest BCUT2D eigenvalue weighted by Crippen LogP contribution is -2.26. The highest BCUT2D eigenvalue weighted by atomic mass is 15.5. The van der Waals surface area contributed by atoms with Gasteiger partial charge in [-0.25, -0.2) is 4.68 Å². The van der Waals surface area contributed by atoms with Crippen molar-refractivity contribution in [1.82, 2.24) is 25.5 Å². The molecule has 5 nitrogen and oxygen atoms in total. The van der Waals surface area contributed by atoms with E-state index in [1.54, 1.807) is 0 Å². The quantitative estimate of drug-likeness (QED) is 0.687. The first-order chi connectivity index (χ1) is 8.65. The summed E-state index contributed by atoms with van der Waals surface area (Å²) in [5.41, 5.74) is 0. The minimum absolute atomic E-state index is 0.216. The van der Waals surface area contributed by atoms with E-state index in [9.17, 15) is 0 Å². The van der Waals surface area contributed by atoms with E-state index < -0.39 is 0 Å². The van der Waals surface area contributed by atoms with Crippen molar-refractivity contribution in [2.75, 3.05) is 6.54 Å². The van der Waals surface area contributed by atoms with Crippen LogP contribution in [0, 0.1) is 5.92 Å². The number of tetrazole rings is 1. The van der Waals surface area contributed by atoms with Crippen LogP contribution in [-0.2, 0) is 6.54 Å². The standard InChI is InChI=1S/C13H27N5/c1-5-6-7-8-9-18-13(15-16-17-18)12(4)14-10-11(2)3/h11-12,14H,5-10H2,1-4H3. The van der Waals surface area contributed by atoms with Gasteiger partial charge in [-0.05, 0) is 36.2 Å².